The zero-order chi connectivity index (χ0) is 26.1. The van der Waals surface area contributed by atoms with Gasteiger partial charge in [0.1, 0.15) is 11.4 Å². The zero-order valence-electron chi connectivity index (χ0n) is 22.2. The lowest BCUT2D eigenvalue weighted by molar-refractivity contribution is 0.00783. The lowest BCUT2D eigenvalue weighted by atomic mass is 9.98. The van der Waals surface area contributed by atoms with Crippen molar-refractivity contribution in [2.75, 3.05) is 0 Å². The molecule has 2 aliphatic heterocycles. The summed E-state index contributed by atoms with van der Waals surface area (Å²) < 4.78 is 5.44. The number of carbonyl (C=O) groups is 1. The number of piperidine rings is 1. The second kappa shape index (κ2) is 13.0. The van der Waals surface area contributed by atoms with Gasteiger partial charge in [0.05, 0.1) is 29.9 Å². The van der Waals surface area contributed by atoms with Crippen LogP contribution in [0, 0.1) is 6.92 Å². The summed E-state index contributed by atoms with van der Waals surface area (Å²) in [7, 11) is 0. The zero-order valence-corrected chi connectivity index (χ0v) is 22.2. The van der Waals surface area contributed by atoms with Gasteiger partial charge in [-0.2, -0.15) is 10.2 Å². The number of aromatic nitrogens is 3. The first kappa shape index (κ1) is 27.8. The summed E-state index contributed by atoms with van der Waals surface area (Å²) in [5.74, 6) is 0.204. The molecule has 2 N–H and O–H groups in total. The van der Waals surface area contributed by atoms with Crippen molar-refractivity contribution in [1.29, 1.82) is 0 Å². The van der Waals surface area contributed by atoms with Gasteiger partial charge in [0, 0.05) is 17.6 Å². The smallest absolute Gasteiger partial charge is 0.410 e. The highest BCUT2D eigenvalue weighted by Crippen LogP contribution is 2.36. The summed E-state index contributed by atoms with van der Waals surface area (Å²) in [4.78, 5) is 18.2. The molecule has 5 rings (SSSR count). The summed E-state index contributed by atoms with van der Waals surface area (Å²) in [6.07, 6.45) is 15.0. The van der Waals surface area contributed by atoms with Crippen LogP contribution in [0.25, 0.3) is 11.3 Å². The molecule has 4 heterocycles. The Balaban J connectivity index is 0.000000160. The number of hydrogen-bond donors (Lipinski definition) is 2. The number of carbonyl (C=O) groups excluding carboxylic acids is 1. The molecule has 2 aromatic heterocycles. The number of aromatic hydroxyl groups is 1. The molecule has 0 radical (unpaired) electrons. The third kappa shape index (κ3) is 8.43. The first-order valence-corrected chi connectivity index (χ1v) is 13.3. The lowest BCUT2D eigenvalue weighted by Gasteiger charge is -2.35. The van der Waals surface area contributed by atoms with Gasteiger partial charge < -0.3 is 19.8 Å². The monoisotopic (exact) mass is 498 g/mol. The average molecular weight is 499 g/mol. The first-order chi connectivity index (χ1) is 17.1. The van der Waals surface area contributed by atoms with Gasteiger partial charge in [-0.25, -0.2) is 9.78 Å². The number of ether oxygens (including phenoxy) is 1. The Bertz CT molecular complexity index is 942. The molecule has 198 valence electrons. The van der Waals surface area contributed by atoms with Crippen LogP contribution in [0.2, 0.25) is 0 Å². The standard InChI is InChI=1S/C12H21NO2.C10H9N3O.C6H12O/c1-12(2,3)15-11(14)13-9-5-4-6-10(13)8-7-9;1-7-10(14)3-2-9(13-7)8-4-5-11-12-6-8;7-6-4-2-1-3-5-6/h9-10H,4-8H2,1-3H3;2-6,14H,1H3;6-7H,1-5H2. The highest BCUT2D eigenvalue weighted by Gasteiger charge is 2.41. The number of fused-ring (bicyclic) bond motifs is 2. The summed E-state index contributed by atoms with van der Waals surface area (Å²) in [6.45, 7) is 7.54. The van der Waals surface area contributed by atoms with Crippen LogP contribution >= 0.6 is 0 Å². The fraction of sp³-hybridized carbons (Fsp3) is 0.643. The predicted molar refractivity (Wildman–Crippen MR) is 139 cm³/mol. The predicted octanol–water partition coefficient (Wildman–Crippen LogP) is 5.80. The van der Waals surface area contributed by atoms with E-state index in [0.29, 0.717) is 17.8 Å². The fourth-order valence-electron chi connectivity index (χ4n) is 4.97. The van der Waals surface area contributed by atoms with E-state index in [1.165, 1.54) is 38.5 Å². The van der Waals surface area contributed by atoms with Crippen LogP contribution in [0.15, 0.2) is 30.6 Å². The Kier molecular flexibility index (Phi) is 10.0. The Labute approximate surface area is 215 Å². The fourth-order valence-corrected chi connectivity index (χ4v) is 4.97. The normalized spacial score (nSPS) is 21.5. The molecular weight excluding hydrogens is 456 g/mol. The molecule has 1 amide bonds. The molecule has 2 atom stereocenters. The van der Waals surface area contributed by atoms with Gasteiger partial charge in [-0.15, -0.1) is 0 Å². The van der Waals surface area contributed by atoms with Crippen LogP contribution in [0.1, 0.15) is 90.7 Å². The molecular formula is C28H42N4O4. The summed E-state index contributed by atoms with van der Waals surface area (Å²) in [6, 6.07) is 6.11. The Hall–Kier alpha value is -2.74. The molecule has 3 aliphatic rings. The maximum atomic E-state index is 12.0. The number of pyridine rings is 1. The lowest BCUT2D eigenvalue weighted by Crippen LogP contribution is -2.46. The van der Waals surface area contributed by atoms with Crippen molar-refractivity contribution in [2.24, 2.45) is 0 Å². The van der Waals surface area contributed by atoms with Gasteiger partial charge in [-0.3, -0.25) is 0 Å². The maximum absolute atomic E-state index is 12.0. The molecule has 8 nitrogen and oxygen atoms in total. The minimum absolute atomic E-state index is 0.0359. The molecule has 2 saturated heterocycles. The van der Waals surface area contributed by atoms with Gasteiger partial charge in [0.25, 0.3) is 0 Å². The molecule has 8 heteroatoms. The molecule has 0 spiro atoms. The van der Waals surface area contributed by atoms with Crippen LogP contribution < -0.4 is 0 Å². The van der Waals surface area contributed by atoms with E-state index in [1.54, 1.807) is 31.5 Å². The minimum Gasteiger partial charge on any atom is -0.506 e. The van der Waals surface area contributed by atoms with E-state index in [9.17, 15) is 9.90 Å². The van der Waals surface area contributed by atoms with Gasteiger partial charge in [-0.05, 0) is 90.8 Å². The third-order valence-corrected chi connectivity index (χ3v) is 6.81. The number of aryl methyl sites for hydroxylation is 1. The molecule has 1 saturated carbocycles. The third-order valence-electron chi connectivity index (χ3n) is 6.81. The quantitative estimate of drug-likeness (QED) is 0.511. The number of rotatable bonds is 1. The Morgan fingerprint density at radius 2 is 1.61 bits per heavy atom. The second-order valence-electron chi connectivity index (χ2n) is 10.9. The summed E-state index contributed by atoms with van der Waals surface area (Å²) in [5, 5.41) is 25.7. The topological polar surface area (TPSA) is 109 Å². The van der Waals surface area contributed by atoms with Gasteiger partial charge in [0.2, 0.25) is 0 Å². The number of amides is 1. The molecule has 36 heavy (non-hydrogen) atoms. The van der Waals surface area contributed by atoms with E-state index >= 15 is 0 Å². The molecule has 1 aliphatic carbocycles. The summed E-state index contributed by atoms with van der Waals surface area (Å²) in [5.41, 5.74) is 1.92. The van der Waals surface area contributed by atoms with Crippen molar-refractivity contribution in [3.63, 3.8) is 0 Å². The van der Waals surface area contributed by atoms with Gasteiger partial charge in [-0.1, -0.05) is 19.3 Å². The van der Waals surface area contributed by atoms with Crippen LogP contribution in [0.5, 0.6) is 5.75 Å². The van der Waals surface area contributed by atoms with Gasteiger partial charge >= 0.3 is 6.09 Å². The first-order valence-electron chi connectivity index (χ1n) is 13.3. The molecule has 3 fully saturated rings. The van der Waals surface area contributed by atoms with E-state index in [1.807, 2.05) is 31.7 Å². The van der Waals surface area contributed by atoms with Crippen molar-refractivity contribution in [2.45, 2.75) is 116 Å². The minimum atomic E-state index is -0.367. The molecule has 2 aromatic rings. The van der Waals surface area contributed by atoms with Crippen LogP contribution in [-0.4, -0.2) is 60.2 Å². The highest BCUT2D eigenvalue weighted by molar-refractivity contribution is 5.69. The SMILES string of the molecule is CC(C)(C)OC(=O)N1C2CCCC1CC2.Cc1nc(-c2ccnnc2)ccc1O.OC1CCCCC1. The maximum Gasteiger partial charge on any atom is 0.410 e. The number of nitrogens with zero attached hydrogens (tertiary/aromatic N) is 4. The van der Waals surface area contributed by atoms with Crippen LogP contribution in [0.3, 0.4) is 0 Å². The largest absolute Gasteiger partial charge is 0.506 e. The highest BCUT2D eigenvalue weighted by atomic mass is 16.6. The molecule has 2 bridgehead atoms. The number of hydrogen-bond acceptors (Lipinski definition) is 7. The van der Waals surface area contributed by atoms with Crippen molar-refractivity contribution < 1.29 is 19.7 Å². The van der Waals surface area contributed by atoms with E-state index < -0.39 is 0 Å². The molecule has 2 unspecified atom stereocenters. The van der Waals surface area contributed by atoms with Crippen LogP contribution in [0.4, 0.5) is 4.79 Å². The summed E-state index contributed by atoms with van der Waals surface area (Å²) >= 11 is 0. The van der Waals surface area contributed by atoms with E-state index in [4.69, 9.17) is 9.84 Å². The Morgan fingerprint density at radius 3 is 2.11 bits per heavy atom. The second-order valence-corrected chi connectivity index (χ2v) is 10.9. The van der Waals surface area contributed by atoms with Crippen molar-refractivity contribution in [3.05, 3.63) is 36.3 Å². The van der Waals surface area contributed by atoms with E-state index in [2.05, 4.69) is 15.2 Å². The average Bonchev–Trinajstić information content (AvgIpc) is 3.10. The van der Waals surface area contributed by atoms with E-state index in [0.717, 1.165) is 36.9 Å². The van der Waals surface area contributed by atoms with Crippen LogP contribution in [-0.2, 0) is 4.74 Å². The van der Waals surface area contributed by atoms with Gasteiger partial charge in [0.15, 0.2) is 0 Å². The Morgan fingerprint density at radius 1 is 0.944 bits per heavy atom. The number of aliphatic hydroxyl groups excluding tert-OH is 1. The molecule has 0 aromatic carbocycles. The van der Waals surface area contributed by atoms with Crippen molar-refractivity contribution >= 4 is 6.09 Å². The van der Waals surface area contributed by atoms with Crippen molar-refractivity contribution in [1.82, 2.24) is 20.1 Å². The van der Waals surface area contributed by atoms with E-state index in [-0.39, 0.29) is 23.5 Å². The van der Waals surface area contributed by atoms with Crippen molar-refractivity contribution in [3.8, 4) is 17.0 Å². The number of aliphatic hydroxyl groups is 1.